The minimum atomic E-state index is -0.0405. The molecule has 0 saturated heterocycles. The highest BCUT2D eigenvalue weighted by atomic mass is 16.2. The Balaban J connectivity index is 1.43. The van der Waals surface area contributed by atoms with Gasteiger partial charge in [-0.25, -0.2) is 0 Å². The highest BCUT2D eigenvalue weighted by Crippen LogP contribution is 2.49. The molecule has 4 atom stereocenters. The molecule has 4 nitrogen and oxygen atoms in total. The fourth-order valence-electron chi connectivity index (χ4n) is 4.32. The summed E-state index contributed by atoms with van der Waals surface area (Å²) in [4.78, 5) is 24.3. The molecular formula is C21H30N2O2. The first-order chi connectivity index (χ1) is 12.0. The van der Waals surface area contributed by atoms with Crippen LogP contribution in [0.1, 0.15) is 68.3 Å². The van der Waals surface area contributed by atoms with Crippen LogP contribution in [0.2, 0.25) is 0 Å². The Morgan fingerprint density at radius 2 is 1.92 bits per heavy atom. The quantitative estimate of drug-likeness (QED) is 0.794. The lowest BCUT2D eigenvalue weighted by Crippen LogP contribution is -2.31. The second-order valence-corrected chi connectivity index (χ2v) is 7.90. The lowest BCUT2D eigenvalue weighted by molar-refractivity contribution is -0.122. The van der Waals surface area contributed by atoms with Gasteiger partial charge in [-0.1, -0.05) is 25.5 Å². The van der Waals surface area contributed by atoms with Gasteiger partial charge in [0, 0.05) is 24.6 Å². The van der Waals surface area contributed by atoms with Crippen molar-refractivity contribution in [1.29, 1.82) is 0 Å². The van der Waals surface area contributed by atoms with E-state index in [0.29, 0.717) is 24.4 Å². The van der Waals surface area contributed by atoms with Gasteiger partial charge in [-0.2, -0.15) is 0 Å². The van der Waals surface area contributed by atoms with Gasteiger partial charge in [0.2, 0.25) is 5.91 Å². The minimum absolute atomic E-state index is 0.0405. The fourth-order valence-corrected chi connectivity index (χ4v) is 4.32. The number of benzene rings is 1. The van der Waals surface area contributed by atoms with E-state index in [1.54, 1.807) is 0 Å². The third kappa shape index (κ3) is 4.62. The second kappa shape index (κ2) is 8.03. The molecule has 2 N–H and O–H groups in total. The Kier molecular flexibility index (Phi) is 5.77. The van der Waals surface area contributed by atoms with Crippen molar-refractivity contribution in [2.75, 3.05) is 0 Å². The zero-order valence-electron chi connectivity index (χ0n) is 15.4. The molecule has 0 aliphatic heterocycles. The summed E-state index contributed by atoms with van der Waals surface area (Å²) in [5.41, 5.74) is 1.69. The fraction of sp³-hybridized carbons (Fsp3) is 0.619. The minimum Gasteiger partial charge on any atom is -0.352 e. The molecule has 4 heteroatoms. The van der Waals surface area contributed by atoms with Crippen LogP contribution in [0.5, 0.6) is 0 Å². The predicted octanol–water partition coefficient (Wildman–Crippen LogP) is 3.66. The number of amides is 2. The molecule has 0 aromatic heterocycles. The van der Waals surface area contributed by atoms with Gasteiger partial charge in [0.25, 0.3) is 5.91 Å². The summed E-state index contributed by atoms with van der Waals surface area (Å²) >= 11 is 0. The molecule has 1 aromatic carbocycles. The number of hydrogen-bond acceptors (Lipinski definition) is 2. The lowest BCUT2D eigenvalue weighted by atomic mass is 9.86. The first-order valence-electron chi connectivity index (χ1n) is 9.71. The first-order valence-corrected chi connectivity index (χ1v) is 9.71. The van der Waals surface area contributed by atoms with Crippen LogP contribution in [0, 0.1) is 17.8 Å². The van der Waals surface area contributed by atoms with Crippen molar-refractivity contribution in [3.63, 3.8) is 0 Å². The third-order valence-electron chi connectivity index (χ3n) is 6.03. The molecular weight excluding hydrogens is 312 g/mol. The van der Waals surface area contributed by atoms with Crippen molar-refractivity contribution in [2.24, 2.45) is 17.8 Å². The molecule has 2 aliphatic rings. The molecule has 2 saturated carbocycles. The summed E-state index contributed by atoms with van der Waals surface area (Å²) in [6.45, 7) is 4.58. The zero-order valence-corrected chi connectivity index (χ0v) is 15.4. The molecule has 25 heavy (non-hydrogen) atoms. The number of rotatable bonds is 7. The van der Waals surface area contributed by atoms with Gasteiger partial charge in [-0.05, 0) is 68.1 Å². The van der Waals surface area contributed by atoms with E-state index in [4.69, 9.17) is 0 Å². The lowest BCUT2D eigenvalue weighted by Gasteiger charge is -2.20. The van der Waals surface area contributed by atoms with Crippen molar-refractivity contribution in [3.8, 4) is 0 Å². The maximum Gasteiger partial charge on any atom is 0.251 e. The van der Waals surface area contributed by atoms with E-state index in [1.807, 2.05) is 38.1 Å². The van der Waals surface area contributed by atoms with Gasteiger partial charge in [0.05, 0.1) is 0 Å². The SMILES string of the molecule is CC[C@H](C)NC(=O)c1ccc(CNC(=O)C[C@@H]2C[C@@H]3CC[C@@H]2C3)cc1. The van der Waals surface area contributed by atoms with Crippen LogP contribution in [-0.4, -0.2) is 17.9 Å². The average Bonchev–Trinajstić information content (AvgIpc) is 3.23. The van der Waals surface area contributed by atoms with E-state index in [2.05, 4.69) is 10.6 Å². The monoisotopic (exact) mass is 342 g/mol. The van der Waals surface area contributed by atoms with Crippen LogP contribution in [0.3, 0.4) is 0 Å². The summed E-state index contributed by atoms with van der Waals surface area (Å²) in [6, 6.07) is 7.68. The van der Waals surface area contributed by atoms with Gasteiger partial charge >= 0.3 is 0 Å². The summed E-state index contributed by atoms with van der Waals surface area (Å²) < 4.78 is 0. The third-order valence-corrected chi connectivity index (χ3v) is 6.03. The Labute approximate surface area is 150 Å². The summed E-state index contributed by atoms with van der Waals surface area (Å²) in [6.07, 6.45) is 6.88. The standard InChI is InChI=1S/C21H30N2O2/c1-3-14(2)23-21(25)17-7-4-15(5-8-17)13-22-20(24)12-19-11-16-6-9-18(19)10-16/h4-5,7-8,14,16,18-19H,3,6,9-13H2,1-2H3,(H,22,24)(H,23,25)/t14-,16+,18+,19-/m0/s1. The maximum absolute atomic E-state index is 12.2. The molecule has 2 fully saturated rings. The van der Waals surface area contributed by atoms with Gasteiger partial charge < -0.3 is 10.6 Å². The summed E-state index contributed by atoms with van der Waals surface area (Å²) in [5.74, 6) is 2.40. The molecule has 0 heterocycles. The molecule has 0 unspecified atom stereocenters. The summed E-state index contributed by atoms with van der Waals surface area (Å²) in [7, 11) is 0. The van der Waals surface area contributed by atoms with E-state index in [9.17, 15) is 9.59 Å². The Morgan fingerprint density at radius 1 is 1.16 bits per heavy atom. The van der Waals surface area contributed by atoms with Crippen LogP contribution < -0.4 is 10.6 Å². The van der Waals surface area contributed by atoms with Gasteiger partial charge in [-0.3, -0.25) is 9.59 Å². The average molecular weight is 342 g/mol. The van der Waals surface area contributed by atoms with Crippen molar-refractivity contribution < 1.29 is 9.59 Å². The molecule has 0 spiro atoms. The van der Waals surface area contributed by atoms with Gasteiger partial charge in [-0.15, -0.1) is 0 Å². The Bertz CT molecular complexity index is 611. The number of fused-ring (bicyclic) bond motifs is 2. The number of carbonyl (C=O) groups is 2. The number of carbonyl (C=O) groups excluding carboxylic acids is 2. The Morgan fingerprint density at radius 3 is 2.52 bits per heavy atom. The molecule has 2 bridgehead atoms. The van der Waals surface area contributed by atoms with Crippen LogP contribution in [0.4, 0.5) is 0 Å². The van der Waals surface area contributed by atoms with Crippen molar-refractivity contribution in [3.05, 3.63) is 35.4 Å². The smallest absolute Gasteiger partial charge is 0.251 e. The molecule has 3 rings (SSSR count). The predicted molar refractivity (Wildman–Crippen MR) is 99.1 cm³/mol. The zero-order chi connectivity index (χ0) is 17.8. The van der Waals surface area contributed by atoms with Crippen LogP contribution in [-0.2, 0) is 11.3 Å². The summed E-state index contributed by atoms with van der Waals surface area (Å²) in [5, 5.41) is 6.00. The number of hydrogen-bond donors (Lipinski definition) is 2. The van der Waals surface area contributed by atoms with E-state index in [-0.39, 0.29) is 17.9 Å². The van der Waals surface area contributed by atoms with E-state index in [1.165, 1.54) is 25.7 Å². The molecule has 2 amide bonds. The topological polar surface area (TPSA) is 58.2 Å². The van der Waals surface area contributed by atoms with Crippen molar-refractivity contribution in [1.82, 2.24) is 10.6 Å². The van der Waals surface area contributed by atoms with Gasteiger partial charge in [0.1, 0.15) is 0 Å². The number of nitrogens with one attached hydrogen (secondary N) is 2. The maximum atomic E-state index is 12.2. The van der Waals surface area contributed by atoms with Crippen LogP contribution >= 0.6 is 0 Å². The van der Waals surface area contributed by atoms with E-state index in [0.717, 1.165) is 23.8 Å². The van der Waals surface area contributed by atoms with Crippen LogP contribution in [0.25, 0.3) is 0 Å². The molecule has 0 radical (unpaired) electrons. The molecule has 136 valence electrons. The first kappa shape index (κ1) is 18.0. The highest BCUT2D eigenvalue weighted by molar-refractivity contribution is 5.94. The molecule has 2 aliphatic carbocycles. The van der Waals surface area contributed by atoms with E-state index < -0.39 is 0 Å². The van der Waals surface area contributed by atoms with Crippen molar-refractivity contribution >= 4 is 11.8 Å². The Hall–Kier alpha value is -1.84. The van der Waals surface area contributed by atoms with Crippen LogP contribution in [0.15, 0.2) is 24.3 Å². The van der Waals surface area contributed by atoms with Crippen molar-refractivity contribution in [2.45, 2.75) is 65.0 Å². The second-order valence-electron chi connectivity index (χ2n) is 7.90. The van der Waals surface area contributed by atoms with Gasteiger partial charge in [0.15, 0.2) is 0 Å². The highest BCUT2D eigenvalue weighted by Gasteiger charge is 2.39. The normalized spacial score (nSPS) is 25.6. The largest absolute Gasteiger partial charge is 0.352 e. The van der Waals surface area contributed by atoms with E-state index >= 15 is 0 Å². The molecule has 1 aromatic rings.